The highest BCUT2D eigenvalue weighted by Crippen LogP contribution is 2.31. The first kappa shape index (κ1) is 14.9. The van der Waals surface area contributed by atoms with Crippen LogP contribution in [0.25, 0.3) is 0 Å². The summed E-state index contributed by atoms with van der Waals surface area (Å²) in [5, 5.41) is 10.7. The molecule has 108 valence electrons. The molecule has 1 unspecified atom stereocenters. The molecule has 2 heteroatoms. The molecule has 0 aliphatic rings. The van der Waals surface area contributed by atoms with Gasteiger partial charge < -0.3 is 9.52 Å². The van der Waals surface area contributed by atoms with Crippen molar-refractivity contribution >= 4 is 0 Å². The molecule has 0 fully saturated rings. The molecule has 0 amide bonds. The smallest absolute Gasteiger partial charge is 0.137 e. The predicted octanol–water partition coefficient (Wildman–Crippen LogP) is 4.36. The quantitative estimate of drug-likeness (QED) is 0.877. The lowest BCUT2D eigenvalue weighted by Gasteiger charge is -2.19. The van der Waals surface area contributed by atoms with Crippen LogP contribution >= 0.6 is 0 Å². The van der Waals surface area contributed by atoms with Crippen molar-refractivity contribution < 1.29 is 9.52 Å². The molecule has 20 heavy (non-hydrogen) atoms. The number of hydrogen-bond donors (Lipinski definition) is 1. The number of benzene rings is 1. The van der Waals surface area contributed by atoms with E-state index < -0.39 is 6.10 Å². The van der Waals surface area contributed by atoms with Crippen LogP contribution in [0.15, 0.2) is 28.7 Å². The van der Waals surface area contributed by atoms with Crippen LogP contribution in [0.2, 0.25) is 0 Å². The highest BCUT2D eigenvalue weighted by atomic mass is 16.4. The first-order valence-corrected chi connectivity index (χ1v) is 7.49. The molecule has 2 aromatic rings. The van der Waals surface area contributed by atoms with Gasteiger partial charge in [0.2, 0.25) is 0 Å². The van der Waals surface area contributed by atoms with E-state index in [1.807, 2.05) is 19.1 Å². The Kier molecular flexibility index (Phi) is 4.66. The van der Waals surface area contributed by atoms with Crippen LogP contribution in [-0.4, -0.2) is 5.11 Å². The first-order valence-electron chi connectivity index (χ1n) is 7.49. The van der Waals surface area contributed by atoms with Crippen molar-refractivity contribution in [2.75, 3.05) is 0 Å². The van der Waals surface area contributed by atoms with Crippen LogP contribution < -0.4 is 0 Å². The maximum absolute atomic E-state index is 10.7. The maximum atomic E-state index is 10.7. The fourth-order valence-electron chi connectivity index (χ4n) is 2.73. The van der Waals surface area contributed by atoms with E-state index in [-0.39, 0.29) is 0 Å². The van der Waals surface area contributed by atoms with Crippen LogP contribution in [0.3, 0.4) is 0 Å². The molecule has 1 aromatic heterocycles. The third-order valence-electron chi connectivity index (χ3n) is 3.89. The summed E-state index contributed by atoms with van der Waals surface area (Å²) in [6.07, 6.45) is 2.20. The molecule has 1 heterocycles. The van der Waals surface area contributed by atoms with Gasteiger partial charge in [-0.05, 0) is 60.6 Å². The van der Waals surface area contributed by atoms with Gasteiger partial charge >= 0.3 is 0 Å². The Morgan fingerprint density at radius 1 is 1.00 bits per heavy atom. The molecule has 2 rings (SSSR count). The summed E-state index contributed by atoms with van der Waals surface area (Å²) in [6.45, 7) is 8.34. The summed E-state index contributed by atoms with van der Waals surface area (Å²) < 4.78 is 5.61. The van der Waals surface area contributed by atoms with Gasteiger partial charge in [0.05, 0.1) is 0 Å². The largest absolute Gasteiger partial charge is 0.463 e. The summed E-state index contributed by atoms with van der Waals surface area (Å²) in [4.78, 5) is 0. The summed E-state index contributed by atoms with van der Waals surface area (Å²) >= 11 is 0. The third-order valence-corrected chi connectivity index (χ3v) is 3.89. The van der Waals surface area contributed by atoms with Gasteiger partial charge in [0.15, 0.2) is 0 Å². The Morgan fingerprint density at radius 3 is 2.00 bits per heavy atom. The summed E-state index contributed by atoms with van der Waals surface area (Å²) in [7, 11) is 0. The Balaban J connectivity index is 2.53. The van der Waals surface area contributed by atoms with Crippen LogP contribution in [0.5, 0.6) is 0 Å². The average molecular weight is 272 g/mol. The van der Waals surface area contributed by atoms with Gasteiger partial charge in [-0.15, -0.1) is 0 Å². The van der Waals surface area contributed by atoms with Gasteiger partial charge in [-0.3, -0.25) is 0 Å². The van der Waals surface area contributed by atoms with E-state index in [0.717, 1.165) is 30.6 Å². The van der Waals surface area contributed by atoms with Gasteiger partial charge in [0, 0.05) is 0 Å². The van der Waals surface area contributed by atoms with Crippen LogP contribution in [0, 0.1) is 6.92 Å². The van der Waals surface area contributed by atoms with Crippen molar-refractivity contribution in [3.05, 3.63) is 58.0 Å². The van der Waals surface area contributed by atoms with E-state index in [1.54, 1.807) is 0 Å². The van der Waals surface area contributed by atoms with E-state index in [1.165, 1.54) is 16.7 Å². The van der Waals surface area contributed by atoms with Crippen molar-refractivity contribution in [2.45, 2.75) is 53.1 Å². The maximum Gasteiger partial charge on any atom is 0.137 e. The van der Waals surface area contributed by atoms with E-state index in [0.29, 0.717) is 5.76 Å². The Morgan fingerprint density at radius 2 is 1.60 bits per heavy atom. The molecule has 0 bridgehead atoms. The SMILES string of the molecule is CCc1cc(CC)c(C(O)c2ccc(C)o2)c(CC)c1. The topological polar surface area (TPSA) is 33.4 Å². The lowest BCUT2D eigenvalue weighted by molar-refractivity contribution is 0.185. The molecule has 0 saturated heterocycles. The van der Waals surface area contributed by atoms with E-state index in [4.69, 9.17) is 4.42 Å². The minimum atomic E-state index is -0.667. The number of aryl methyl sites for hydroxylation is 4. The zero-order chi connectivity index (χ0) is 14.7. The van der Waals surface area contributed by atoms with Crippen molar-refractivity contribution in [2.24, 2.45) is 0 Å². The molecule has 0 spiro atoms. The molecular formula is C18H24O2. The molecular weight excluding hydrogens is 248 g/mol. The number of furan rings is 1. The van der Waals surface area contributed by atoms with Crippen LogP contribution in [0.4, 0.5) is 0 Å². The Labute approximate surface area is 121 Å². The Bertz CT molecular complexity index is 556. The number of rotatable bonds is 5. The molecule has 1 N–H and O–H groups in total. The molecule has 0 radical (unpaired) electrons. The third kappa shape index (κ3) is 2.80. The monoisotopic (exact) mass is 272 g/mol. The van der Waals surface area contributed by atoms with Crippen molar-refractivity contribution in [1.82, 2.24) is 0 Å². The van der Waals surface area contributed by atoms with Gasteiger partial charge in [-0.25, -0.2) is 0 Å². The number of aliphatic hydroxyl groups is 1. The number of aliphatic hydroxyl groups excluding tert-OH is 1. The second-order valence-electron chi connectivity index (χ2n) is 5.24. The highest BCUT2D eigenvalue weighted by molar-refractivity contribution is 5.43. The van der Waals surface area contributed by atoms with Gasteiger partial charge in [-0.2, -0.15) is 0 Å². The molecule has 1 atom stereocenters. The van der Waals surface area contributed by atoms with Gasteiger partial charge in [0.25, 0.3) is 0 Å². The van der Waals surface area contributed by atoms with Gasteiger partial charge in [0.1, 0.15) is 17.6 Å². The standard InChI is InChI=1S/C18H24O2/c1-5-13-10-14(6-2)17(15(7-3)11-13)18(19)16-9-8-12(4)20-16/h8-11,18-19H,5-7H2,1-4H3. The van der Waals surface area contributed by atoms with Crippen molar-refractivity contribution in [1.29, 1.82) is 0 Å². The second kappa shape index (κ2) is 6.27. The molecule has 2 nitrogen and oxygen atoms in total. The average Bonchev–Trinajstić information content (AvgIpc) is 2.91. The molecule has 0 saturated carbocycles. The zero-order valence-corrected chi connectivity index (χ0v) is 12.9. The fourth-order valence-corrected chi connectivity index (χ4v) is 2.73. The summed E-state index contributed by atoms with van der Waals surface area (Å²) in [5.41, 5.74) is 4.82. The van der Waals surface area contributed by atoms with Crippen molar-refractivity contribution in [3.63, 3.8) is 0 Å². The Hall–Kier alpha value is -1.54. The second-order valence-corrected chi connectivity index (χ2v) is 5.24. The minimum Gasteiger partial charge on any atom is -0.463 e. The van der Waals surface area contributed by atoms with Crippen LogP contribution in [-0.2, 0) is 19.3 Å². The highest BCUT2D eigenvalue weighted by Gasteiger charge is 2.20. The zero-order valence-electron chi connectivity index (χ0n) is 12.9. The molecule has 0 aliphatic heterocycles. The summed E-state index contributed by atoms with van der Waals surface area (Å²) in [5.74, 6) is 1.47. The number of hydrogen-bond acceptors (Lipinski definition) is 2. The van der Waals surface area contributed by atoms with Gasteiger partial charge in [-0.1, -0.05) is 32.9 Å². The van der Waals surface area contributed by atoms with E-state index in [2.05, 4.69) is 32.9 Å². The van der Waals surface area contributed by atoms with Crippen molar-refractivity contribution in [3.8, 4) is 0 Å². The van der Waals surface area contributed by atoms with Crippen LogP contribution in [0.1, 0.15) is 60.6 Å². The lowest BCUT2D eigenvalue weighted by atomic mass is 9.89. The predicted molar refractivity (Wildman–Crippen MR) is 82.1 cm³/mol. The van der Waals surface area contributed by atoms with E-state index >= 15 is 0 Å². The normalized spacial score (nSPS) is 12.7. The first-order chi connectivity index (χ1) is 9.60. The fraction of sp³-hybridized carbons (Fsp3) is 0.444. The molecule has 0 aliphatic carbocycles. The molecule has 1 aromatic carbocycles. The van der Waals surface area contributed by atoms with E-state index in [9.17, 15) is 5.11 Å². The summed E-state index contributed by atoms with van der Waals surface area (Å²) in [6, 6.07) is 8.20. The minimum absolute atomic E-state index is 0.635. The lowest BCUT2D eigenvalue weighted by Crippen LogP contribution is -2.08.